The number of ether oxygens (including phenoxy) is 2. The van der Waals surface area contributed by atoms with Gasteiger partial charge in [-0.15, -0.1) is 13.2 Å². The highest BCUT2D eigenvalue weighted by Crippen LogP contribution is 2.31. The minimum atomic E-state index is -4.83. The molecule has 0 saturated carbocycles. The van der Waals surface area contributed by atoms with E-state index in [9.17, 15) is 13.2 Å². The molecule has 0 spiro atoms. The van der Waals surface area contributed by atoms with Gasteiger partial charge in [-0.3, -0.25) is 0 Å². The normalized spacial score (nSPS) is 11.4. The van der Waals surface area contributed by atoms with Gasteiger partial charge in [0.15, 0.2) is 5.75 Å². The summed E-state index contributed by atoms with van der Waals surface area (Å²) in [7, 11) is 1.19. The first kappa shape index (κ1) is 12.6. The summed E-state index contributed by atoms with van der Waals surface area (Å²) in [5.41, 5.74) is 0.633. The maximum atomic E-state index is 12.0. The molecule has 1 rings (SSSR count). The van der Waals surface area contributed by atoms with E-state index in [1.807, 2.05) is 0 Å². The Morgan fingerprint density at radius 1 is 1.44 bits per heavy atom. The highest BCUT2D eigenvalue weighted by Gasteiger charge is 2.33. The van der Waals surface area contributed by atoms with Crippen molar-refractivity contribution in [2.24, 2.45) is 0 Å². The Morgan fingerprint density at radius 2 is 2.06 bits per heavy atom. The number of halogens is 3. The summed E-state index contributed by atoms with van der Waals surface area (Å²) in [4.78, 5) is 3.57. The molecule has 0 amide bonds. The zero-order chi connectivity index (χ0) is 12.3. The van der Waals surface area contributed by atoms with Crippen LogP contribution in [-0.2, 0) is 6.61 Å². The zero-order valence-corrected chi connectivity index (χ0v) is 8.63. The summed E-state index contributed by atoms with van der Waals surface area (Å²) in [5.74, 6) is -0.836. The summed E-state index contributed by atoms with van der Waals surface area (Å²) < 4.78 is 44.4. The second-order valence-corrected chi connectivity index (χ2v) is 2.95. The third kappa shape index (κ3) is 2.99. The van der Waals surface area contributed by atoms with Gasteiger partial charge in [-0.2, -0.15) is 0 Å². The zero-order valence-electron chi connectivity index (χ0n) is 8.63. The molecular weight excluding hydrogens is 227 g/mol. The fourth-order valence-corrected chi connectivity index (χ4v) is 1.09. The quantitative estimate of drug-likeness (QED) is 0.870. The number of pyridine rings is 1. The van der Waals surface area contributed by atoms with Gasteiger partial charge in [-0.1, -0.05) is 0 Å². The topological polar surface area (TPSA) is 51.6 Å². The molecule has 90 valence electrons. The predicted molar refractivity (Wildman–Crippen MR) is 48.1 cm³/mol. The van der Waals surface area contributed by atoms with E-state index in [1.54, 1.807) is 0 Å². The van der Waals surface area contributed by atoms with E-state index < -0.39 is 12.2 Å². The first-order chi connectivity index (χ1) is 7.37. The third-order valence-electron chi connectivity index (χ3n) is 1.85. The van der Waals surface area contributed by atoms with Crippen molar-refractivity contribution < 1.29 is 27.8 Å². The summed E-state index contributed by atoms with van der Waals surface area (Å²) in [6.07, 6.45) is -4.83. The van der Waals surface area contributed by atoms with Gasteiger partial charge in [0.05, 0.1) is 13.7 Å². The molecule has 1 aromatic heterocycles. The van der Waals surface area contributed by atoms with E-state index in [1.165, 1.54) is 20.1 Å². The van der Waals surface area contributed by atoms with Crippen LogP contribution >= 0.6 is 0 Å². The van der Waals surface area contributed by atoms with E-state index in [-0.39, 0.29) is 18.1 Å². The monoisotopic (exact) mass is 237 g/mol. The van der Waals surface area contributed by atoms with Gasteiger partial charge >= 0.3 is 6.36 Å². The molecule has 1 aromatic rings. The Kier molecular flexibility index (Phi) is 3.58. The van der Waals surface area contributed by atoms with Crippen LogP contribution in [0.2, 0.25) is 0 Å². The standard InChI is InChI=1S/C9H10F3NO3/c1-5-6(4-14)3-7(15-2)8(13-5)16-9(10,11)12/h3,14H,4H2,1-2H3. The Morgan fingerprint density at radius 3 is 2.50 bits per heavy atom. The van der Waals surface area contributed by atoms with Crippen LogP contribution in [0.15, 0.2) is 6.07 Å². The van der Waals surface area contributed by atoms with Gasteiger partial charge in [-0.05, 0) is 13.0 Å². The molecule has 4 nitrogen and oxygen atoms in total. The van der Waals surface area contributed by atoms with Crippen LogP contribution in [0.5, 0.6) is 11.6 Å². The molecule has 0 unspecified atom stereocenters. The van der Waals surface area contributed by atoms with Crippen LogP contribution < -0.4 is 9.47 Å². The Labute approximate surface area is 89.6 Å². The molecule has 0 aliphatic heterocycles. The minimum absolute atomic E-state index is 0.174. The number of hydrogen-bond donors (Lipinski definition) is 1. The molecule has 7 heteroatoms. The van der Waals surface area contributed by atoms with Crippen molar-refractivity contribution in [2.45, 2.75) is 19.9 Å². The Hall–Kier alpha value is -1.50. The maximum absolute atomic E-state index is 12.0. The van der Waals surface area contributed by atoms with Gasteiger partial charge in [0.25, 0.3) is 5.88 Å². The molecule has 0 fully saturated rings. The summed E-state index contributed by atoms with van der Waals surface area (Å²) in [6.45, 7) is 1.13. The largest absolute Gasteiger partial charge is 0.574 e. The van der Waals surface area contributed by atoms with Gasteiger partial charge < -0.3 is 14.6 Å². The van der Waals surface area contributed by atoms with E-state index in [2.05, 4.69) is 9.72 Å². The highest BCUT2D eigenvalue weighted by molar-refractivity contribution is 5.39. The number of hydrogen-bond acceptors (Lipinski definition) is 4. The lowest BCUT2D eigenvalue weighted by Crippen LogP contribution is -2.19. The van der Waals surface area contributed by atoms with E-state index >= 15 is 0 Å². The molecule has 16 heavy (non-hydrogen) atoms. The fourth-order valence-electron chi connectivity index (χ4n) is 1.09. The number of rotatable bonds is 3. The highest BCUT2D eigenvalue weighted by atomic mass is 19.4. The summed E-state index contributed by atoms with van der Waals surface area (Å²) in [6, 6.07) is 1.25. The smallest absolute Gasteiger partial charge is 0.491 e. The van der Waals surface area contributed by atoms with Crippen LogP contribution in [0.25, 0.3) is 0 Å². The van der Waals surface area contributed by atoms with E-state index in [4.69, 9.17) is 9.84 Å². The number of nitrogens with zero attached hydrogens (tertiary/aromatic N) is 1. The molecule has 0 aliphatic carbocycles. The molecule has 0 bridgehead atoms. The van der Waals surface area contributed by atoms with Gasteiger partial charge in [0.1, 0.15) is 0 Å². The lowest BCUT2D eigenvalue weighted by molar-refractivity contribution is -0.276. The predicted octanol–water partition coefficient (Wildman–Crippen LogP) is 1.79. The molecule has 0 atom stereocenters. The van der Waals surface area contributed by atoms with Crippen LogP contribution in [0, 0.1) is 6.92 Å². The number of methoxy groups -OCH3 is 1. The summed E-state index contributed by atoms with van der Waals surface area (Å²) >= 11 is 0. The van der Waals surface area contributed by atoms with E-state index in [0.717, 1.165) is 0 Å². The van der Waals surface area contributed by atoms with E-state index in [0.29, 0.717) is 5.56 Å². The second kappa shape index (κ2) is 4.56. The first-order valence-electron chi connectivity index (χ1n) is 4.28. The van der Waals surface area contributed by atoms with Crippen LogP contribution in [0.3, 0.4) is 0 Å². The van der Waals surface area contributed by atoms with Crippen molar-refractivity contribution in [3.63, 3.8) is 0 Å². The van der Waals surface area contributed by atoms with Crippen molar-refractivity contribution in [1.82, 2.24) is 4.98 Å². The SMILES string of the molecule is COc1cc(CO)c(C)nc1OC(F)(F)F. The average Bonchev–Trinajstić information content (AvgIpc) is 2.16. The van der Waals surface area contributed by atoms with Crippen molar-refractivity contribution in [3.05, 3.63) is 17.3 Å². The van der Waals surface area contributed by atoms with Crippen LogP contribution in [-0.4, -0.2) is 23.6 Å². The van der Waals surface area contributed by atoms with Crippen LogP contribution in [0.4, 0.5) is 13.2 Å². The molecule has 1 N–H and O–H groups in total. The lowest BCUT2D eigenvalue weighted by atomic mass is 10.2. The lowest BCUT2D eigenvalue weighted by Gasteiger charge is -2.13. The number of aryl methyl sites for hydroxylation is 1. The van der Waals surface area contributed by atoms with Gasteiger partial charge in [-0.25, -0.2) is 4.98 Å². The van der Waals surface area contributed by atoms with Gasteiger partial charge in [0.2, 0.25) is 0 Å². The minimum Gasteiger partial charge on any atom is -0.491 e. The first-order valence-corrected chi connectivity index (χ1v) is 4.28. The van der Waals surface area contributed by atoms with Gasteiger partial charge in [0, 0.05) is 11.3 Å². The Balaban J connectivity index is 3.13. The molecule has 0 saturated heterocycles. The molecule has 0 aromatic carbocycles. The molecule has 1 heterocycles. The number of aliphatic hydroxyl groups excluding tert-OH is 1. The molecular formula is C9H10F3NO3. The fraction of sp³-hybridized carbons (Fsp3) is 0.444. The summed E-state index contributed by atoms with van der Waals surface area (Å²) in [5, 5.41) is 8.90. The average molecular weight is 237 g/mol. The Bertz CT molecular complexity index is 379. The second-order valence-electron chi connectivity index (χ2n) is 2.95. The van der Waals surface area contributed by atoms with Crippen molar-refractivity contribution >= 4 is 0 Å². The van der Waals surface area contributed by atoms with Crippen molar-refractivity contribution in [1.29, 1.82) is 0 Å². The van der Waals surface area contributed by atoms with Crippen LogP contribution in [0.1, 0.15) is 11.3 Å². The number of aliphatic hydroxyl groups is 1. The molecule has 0 aliphatic rings. The van der Waals surface area contributed by atoms with Crippen molar-refractivity contribution in [3.8, 4) is 11.6 Å². The number of aromatic nitrogens is 1. The molecule has 0 radical (unpaired) electrons. The van der Waals surface area contributed by atoms with Crippen molar-refractivity contribution in [2.75, 3.05) is 7.11 Å². The third-order valence-corrected chi connectivity index (χ3v) is 1.85. The number of alkyl halides is 3. The maximum Gasteiger partial charge on any atom is 0.574 e.